The van der Waals surface area contributed by atoms with Crippen LogP contribution in [0.15, 0.2) is 16.7 Å². The van der Waals surface area contributed by atoms with Gasteiger partial charge in [-0.3, -0.25) is 0 Å². The molecule has 0 aliphatic heterocycles. The van der Waals surface area contributed by atoms with Crippen LogP contribution in [0.5, 0.6) is 0 Å². The van der Waals surface area contributed by atoms with Gasteiger partial charge < -0.3 is 4.42 Å². The average molecular weight is 136 g/mol. The summed E-state index contributed by atoms with van der Waals surface area (Å²) in [5.74, 6) is 2.07. The summed E-state index contributed by atoms with van der Waals surface area (Å²) in [4.78, 5) is 0. The topological polar surface area (TPSA) is 13.1 Å². The Kier molecular flexibility index (Phi) is 1.30. The summed E-state index contributed by atoms with van der Waals surface area (Å²) in [5, 5.41) is 0. The van der Waals surface area contributed by atoms with Crippen LogP contribution in [0.1, 0.15) is 24.2 Å². The van der Waals surface area contributed by atoms with Gasteiger partial charge in [-0.1, -0.05) is 0 Å². The highest BCUT2D eigenvalue weighted by molar-refractivity contribution is 5.16. The van der Waals surface area contributed by atoms with Gasteiger partial charge in [-0.25, -0.2) is 0 Å². The Morgan fingerprint density at radius 3 is 2.90 bits per heavy atom. The van der Waals surface area contributed by atoms with E-state index >= 15 is 0 Å². The van der Waals surface area contributed by atoms with Crippen molar-refractivity contribution in [2.45, 2.75) is 26.2 Å². The van der Waals surface area contributed by atoms with E-state index < -0.39 is 0 Å². The Bertz CT molecular complexity index is 220. The van der Waals surface area contributed by atoms with Crippen molar-refractivity contribution in [2.24, 2.45) is 5.92 Å². The quantitative estimate of drug-likeness (QED) is 0.609. The summed E-state index contributed by atoms with van der Waals surface area (Å²) < 4.78 is 5.19. The number of furan rings is 1. The number of hydrogen-bond donors (Lipinski definition) is 0. The molecule has 0 aromatic carbocycles. The normalized spacial score (nSPS) is 17.7. The van der Waals surface area contributed by atoms with Crippen LogP contribution in [0.4, 0.5) is 0 Å². The molecule has 0 unspecified atom stereocenters. The van der Waals surface area contributed by atoms with Gasteiger partial charge in [-0.15, -0.1) is 0 Å². The maximum absolute atomic E-state index is 5.19. The highest BCUT2D eigenvalue weighted by Gasteiger charge is 2.22. The molecule has 1 aromatic rings. The summed E-state index contributed by atoms with van der Waals surface area (Å²) in [5.41, 5.74) is 1.41. The summed E-state index contributed by atoms with van der Waals surface area (Å²) in [6.45, 7) is 2.04. The molecule has 2 rings (SSSR count). The number of rotatable bonds is 2. The van der Waals surface area contributed by atoms with Gasteiger partial charge in [0.05, 0.1) is 6.26 Å². The van der Waals surface area contributed by atoms with E-state index in [9.17, 15) is 0 Å². The maximum Gasteiger partial charge on any atom is 0.103 e. The van der Waals surface area contributed by atoms with Crippen molar-refractivity contribution in [2.75, 3.05) is 0 Å². The fourth-order valence-electron chi connectivity index (χ4n) is 1.26. The molecule has 0 N–H and O–H groups in total. The smallest absolute Gasteiger partial charge is 0.103 e. The minimum Gasteiger partial charge on any atom is -0.469 e. The largest absolute Gasteiger partial charge is 0.469 e. The highest BCUT2D eigenvalue weighted by atomic mass is 16.3. The van der Waals surface area contributed by atoms with Crippen LogP contribution in [0.2, 0.25) is 0 Å². The van der Waals surface area contributed by atoms with E-state index in [1.807, 2.05) is 6.92 Å². The summed E-state index contributed by atoms with van der Waals surface area (Å²) in [6.07, 6.45) is 5.87. The maximum atomic E-state index is 5.19. The van der Waals surface area contributed by atoms with Gasteiger partial charge in [0.2, 0.25) is 0 Å². The van der Waals surface area contributed by atoms with E-state index in [0.29, 0.717) is 0 Å². The lowest BCUT2D eigenvalue weighted by molar-refractivity contribution is 0.528. The van der Waals surface area contributed by atoms with Crippen LogP contribution in [0.25, 0.3) is 0 Å². The molecule has 1 heterocycles. The Morgan fingerprint density at radius 2 is 2.40 bits per heavy atom. The van der Waals surface area contributed by atoms with E-state index in [4.69, 9.17) is 4.42 Å². The van der Waals surface area contributed by atoms with Crippen molar-refractivity contribution in [1.29, 1.82) is 0 Å². The van der Waals surface area contributed by atoms with Crippen molar-refractivity contribution in [3.8, 4) is 0 Å². The molecule has 0 bridgehead atoms. The van der Waals surface area contributed by atoms with Gasteiger partial charge in [-0.2, -0.15) is 0 Å². The molecule has 1 heteroatoms. The predicted molar refractivity (Wildman–Crippen MR) is 39.9 cm³/mol. The molecule has 1 aliphatic carbocycles. The standard InChI is InChI=1S/C9H12O/c1-7-9(4-5-10-7)6-8-2-3-8/h4-5,8H,2-3,6H2,1H3. The molecule has 1 nitrogen and oxygen atoms in total. The van der Waals surface area contributed by atoms with Gasteiger partial charge in [0, 0.05) is 0 Å². The average Bonchev–Trinajstić information content (AvgIpc) is 2.62. The van der Waals surface area contributed by atoms with Crippen LogP contribution >= 0.6 is 0 Å². The van der Waals surface area contributed by atoms with Crippen LogP contribution in [0, 0.1) is 12.8 Å². The van der Waals surface area contributed by atoms with Gasteiger partial charge in [0.1, 0.15) is 5.76 Å². The molecule has 0 saturated heterocycles. The molecule has 10 heavy (non-hydrogen) atoms. The molecule has 1 aliphatic rings. The van der Waals surface area contributed by atoms with Crippen LogP contribution in [-0.4, -0.2) is 0 Å². The van der Waals surface area contributed by atoms with E-state index in [1.165, 1.54) is 24.8 Å². The molecule has 0 atom stereocenters. The third kappa shape index (κ3) is 1.08. The first-order valence-electron chi connectivity index (χ1n) is 3.89. The van der Waals surface area contributed by atoms with Crippen LogP contribution in [-0.2, 0) is 6.42 Å². The SMILES string of the molecule is Cc1occc1CC1CC1. The second kappa shape index (κ2) is 2.15. The fraction of sp³-hybridized carbons (Fsp3) is 0.556. The van der Waals surface area contributed by atoms with E-state index in [2.05, 4.69) is 6.07 Å². The second-order valence-electron chi connectivity index (χ2n) is 3.15. The Balaban J connectivity index is 2.08. The zero-order chi connectivity index (χ0) is 6.97. The van der Waals surface area contributed by atoms with Gasteiger partial charge in [0.25, 0.3) is 0 Å². The van der Waals surface area contributed by atoms with Crippen molar-refractivity contribution in [3.63, 3.8) is 0 Å². The molecule has 0 spiro atoms. The minimum atomic E-state index is 0.969. The lowest BCUT2D eigenvalue weighted by atomic mass is 10.1. The third-order valence-electron chi connectivity index (χ3n) is 2.17. The Hall–Kier alpha value is -0.720. The van der Waals surface area contributed by atoms with Gasteiger partial charge in [0.15, 0.2) is 0 Å². The summed E-state index contributed by atoms with van der Waals surface area (Å²) in [7, 11) is 0. The van der Waals surface area contributed by atoms with Crippen molar-refractivity contribution in [3.05, 3.63) is 23.7 Å². The van der Waals surface area contributed by atoms with Gasteiger partial charge in [-0.05, 0) is 43.7 Å². The lowest BCUT2D eigenvalue weighted by Gasteiger charge is -1.93. The molecule has 1 saturated carbocycles. The molecule has 1 aromatic heterocycles. The van der Waals surface area contributed by atoms with Crippen LogP contribution in [0.3, 0.4) is 0 Å². The number of hydrogen-bond acceptors (Lipinski definition) is 1. The van der Waals surface area contributed by atoms with E-state index in [-0.39, 0.29) is 0 Å². The second-order valence-corrected chi connectivity index (χ2v) is 3.15. The Morgan fingerprint density at radius 1 is 1.60 bits per heavy atom. The van der Waals surface area contributed by atoms with Crippen molar-refractivity contribution >= 4 is 0 Å². The first-order chi connectivity index (χ1) is 4.86. The molecule has 54 valence electrons. The van der Waals surface area contributed by atoms with E-state index in [0.717, 1.165) is 11.7 Å². The first-order valence-corrected chi connectivity index (χ1v) is 3.89. The third-order valence-corrected chi connectivity index (χ3v) is 2.17. The van der Waals surface area contributed by atoms with Crippen molar-refractivity contribution in [1.82, 2.24) is 0 Å². The summed E-state index contributed by atoms with van der Waals surface area (Å²) in [6, 6.07) is 2.09. The highest BCUT2D eigenvalue weighted by Crippen LogP contribution is 2.33. The molecular formula is C9H12O. The first kappa shape index (κ1) is 6.02. The fourth-order valence-corrected chi connectivity index (χ4v) is 1.26. The minimum absolute atomic E-state index is 0.969. The van der Waals surface area contributed by atoms with Crippen molar-refractivity contribution < 1.29 is 4.42 Å². The van der Waals surface area contributed by atoms with Crippen LogP contribution < -0.4 is 0 Å². The summed E-state index contributed by atoms with van der Waals surface area (Å²) >= 11 is 0. The Labute approximate surface area is 61.0 Å². The monoisotopic (exact) mass is 136 g/mol. The molecule has 0 radical (unpaired) electrons. The van der Waals surface area contributed by atoms with Gasteiger partial charge >= 0.3 is 0 Å². The zero-order valence-corrected chi connectivity index (χ0v) is 6.26. The lowest BCUT2D eigenvalue weighted by Crippen LogP contribution is -1.85. The predicted octanol–water partition coefficient (Wildman–Crippen LogP) is 2.54. The molecule has 0 amide bonds. The van der Waals surface area contributed by atoms with E-state index in [1.54, 1.807) is 6.26 Å². The molecular weight excluding hydrogens is 124 g/mol. The number of aryl methyl sites for hydroxylation is 1. The molecule has 1 fully saturated rings. The zero-order valence-electron chi connectivity index (χ0n) is 6.26.